The summed E-state index contributed by atoms with van der Waals surface area (Å²) in [5.74, 6) is -0.950. The van der Waals surface area contributed by atoms with Gasteiger partial charge >= 0.3 is 5.97 Å². The third-order valence-electron chi connectivity index (χ3n) is 2.77. The predicted octanol–water partition coefficient (Wildman–Crippen LogP) is -0.412. The molecule has 0 atom stereocenters. The van der Waals surface area contributed by atoms with E-state index >= 15 is 0 Å². The van der Waals surface area contributed by atoms with E-state index in [1.807, 2.05) is 0 Å². The number of aryl methyl sites for hydroxylation is 1. The number of carbonyl (C=O) groups is 1. The molecule has 0 aliphatic heterocycles. The average molecular weight is 304 g/mol. The van der Waals surface area contributed by atoms with Crippen molar-refractivity contribution in [2.45, 2.75) is 24.3 Å². The predicted molar refractivity (Wildman–Crippen MR) is 72.8 cm³/mol. The van der Waals surface area contributed by atoms with Crippen LogP contribution in [0.2, 0.25) is 0 Å². The van der Waals surface area contributed by atoms with Crippen LogP contribution in [0, 0.1) is 0 Å². The highest BCUT2D eigenvalue weighted by Gasteiger charge is 2.22. The highest BCUT2D eigenvalue weighted by atomic mass is 32.2. The molecule has 0 radical (unpaired) electrons. The molecule has 0 aliphatic carbocycles. The Morgan fingerprint density at radius 3 is 2.85 bits per heavy atom. The topological polar surface area (TPSA) is 105 Å². The molecular weight excluding hydrogens is 284 g/mol. The monoisotopic (exact) mass is 304 g/mol. The Bertz CT molecular complexity index is 540. The smallest absolute Gasteiger partial charge is 0.305 e. The molecule has 0 aromatic carbocycles. The molecule has 8 nitrogen and oxygen atoms in total. The SMILES string of the molecule is CNCCCN(C)S(=O)(=O)c1cnn(CCC(=O)O)c1. The summed E-state index contributed by atoms with van der Waals surface area (Å²) in [6, 6.07) is 0. The molecule has 2 N–H and O–H groups in total. The maximum absolute atomic E-state index is 12.2. The van der Waals surface area contributed by atoms with Crippen molar-refractivity contribution in [2.75, 3.05) is 27.2 Å². The summed E-state index contributed by atoms with van der Waals surface area (Å²) < 4.78 is 27.0. The Balaban J connectivity index is 2.69. The van der Waals surface area contributed by atoms with E-state index in [1.165, 1.54) is 28.4 Å². The van der Waals surface area contributed by atoms with Gasteiger partial charge in [-0.2, -0.15) is 5.10 Å². The van der Waals surface area contributed by atoms with Crippen LogP contribution in [0.1, 0.15) is 12.8 Å². The minimum Gasteiger partial charge on any atom is -0.481 e. The Morgan fingerprint density at radius 2 is 2.25 bits per heavy atom. The van der Waals surface area contributed by atoms with Crippen molar-refractivity contribution in [1.29, 1.82) is 0 Å². The van der Waals surface area contributed by atoms with Gasteiger partial charge in [0.25, 0.3) is 0 Å². The van der Waals surface area contributed by atoms with E-state index in [-0.39, 0.29) is 17.9 Å². The van der Waals surface area contributed by atoms with Crippen molar-refractivity contribution >= 4 is 16.0 Å². The first-order valence-electron chi connectivity index (χ1n) is 6.23. The van der Waals surface area contributed by atoms with E-state index in [0.717, 1.165) is 6.54 Å². The number of aliphatic carboxylic acids is 1. The Kier molecular flexibility index (Phi) is 6.11. The molecule has 0 amide bonds. The summed E-state index contributed by atoms with van der Waals surface area (Å²) in [5.41, 5.74) is 0. The van der Waals surface area contributed by atoms with Crippen LogP contribution in [0.5, 0.6) is 0 Å². The molecule has 0 bridgehead atoms. The number of carboxylic acid groups (broad SMARTS) is 1. The van der Waals surface area contributed by atoms with Gasteiger partial charge in [0.05, 0.1) is 19.2 Å². The second-order valence-electron chi connectivity index (χ2n) is 4.37. The van der Waals surface area contributed by atoms with E-state index in [2.05, 4.69) is 10.4 Å². The lowest BCUT2D eigenvalue weighted by atomic mass is 10.4. The molecule has 0 aliphatic rings. The fourth-order valence-electron chi connectivity index (χ4n) is 1.59. The minimum absolute atomic E-state index is 0.0786. The number of hydrogen-bond donors (Lipinski definition) is 2. The number of nitrogens with zero attached hydrogens (tertiary/aromatic N) is 3. The summed E-state index contributed by atoms with van der Waals surface area (Å²) in [6.07, 6.45) is 3.21. The largest absolute Gasteiger partial charge is 0.481 e. The highest BCUT2D eigenvalue weighted by Crippen LogP contribution is 2.13. The Hall–Kier alpha value is -1.45. The van der Waals surface area contributed by atoms with E-state index in [1.54, 1.807) is 7.05 Å². The maximum atomic E-state index is 12.2. The highest BCUT2D eigenvalue weighted by molar-refractivity contribution is 7.89. The van der Waals surface area contributed by atoms with Gasteiger partial charge in [0, 0.05) is 19.8 Å². The van der Waals surface area contributed by atoms with Crippen LogP contribution in [0.15, 0.2) is 17.3 Å². The van der Waals surface area contributed by atoms with Crippen LogP contribution < -0.4 is 5.32 Å². The summed E-state index contributed by atoms with van der Waals surface area (Å²) in [5, 5.41) is 15.4. The van der Waals surface area contributed by atoms with Crippen molar-refractivity contribution in [3.05, 3.63) is 12.4 Å². The van der Waals surface area contributed by atoms with Gasteiger partial charge < -0.3 is 10.4 Å². The number of nitrogens with one attached hydrogen (secondary N) is 1. The lowest BCUT2D eigenvalue weighted by Gasteiger charge is -2.15. The molecular formula is C11H20N4O4S. The summed E-state index contributed by atoms with van der Waals surface area (Å²) in [7, 11) is -0.242. The van der Waals surface area contributed by atoms with Gasteiger partial charge in [-0.05, 0) is 20.0 Å². The van der Waals surface area contributed by atoms with Gasteiger partial charge in [0.15, 0.2) is 0 Å². The van der Waals surface area contributed by atoms with Crippen molar-refractivity contribution in [1.82, 2.24) is 19.4 Å². The zero-order valence-corrected chi connectivity index (χ0v) is 12.4. The first kappa shape index (κ1) is 16.6. The van der Waals surface area contributed by atoms with Gasteiger partial charge in [-0.3, -0.25) is 9.48 Å². The Morgan fingerprint density at radius 1 is 1.55 bits per heavy atom. The van der Waals surface area contributed by atoms with E-state index < -0.39 is 16.0 Å². The van der Waals surface area contributed by atoms with E-state index in [4.69, 9.17) is 5.11 Å². The summed E-state index contributed by atoms with van der Waals surface area (Å²) >= 11 is 0. The van der Waals surface area contributed by atoms with Crippen LogP contribution in [-0.4, -0.2) is 60.8 Å². The molecule has 0 spiro atoms. The van der Waals surface area contributed by atoms with Crippen LogP contribution in [0.25, 0.3) is 0 Å². The molecule has 0 saturated heterocycles. The van der Waals surface area contributed by atoms with Crippen molar-refractivity contribution in [3.63, 3.8) is 0 Å². The lowest BCUT2D eigenvalue weighted by molar-refractivity contribution is -0.137. The van der Waals surface area contributed by atoms with Crippen LogP contribution in [-0.2, 0) is 21.4 Å². The minimum atomic E-state index is -3.56. The number of aromatic nitrogens is 2. The normalized spacial score (nSPS) is 11.9. The molecule has 0 saturated carbocycles. The zero-order valence-electron chi connectivity index (χ0n) is 11.6. The van der Waals surface area contributed by atoms with Gasteiger partial charge in [0.2, 0.25) is 10.0 Å². The van der Waals surface area contributed by atoms with Crippen molar-refractivity contribution in [2.24, 2.45) is 0 Å². The fraction of sp³-hybridized carbons (Fsp3) is 0.636. The second kappa shape index (κ2) is 7.36. The number of rotatable bonds is 9. The molecule has 1 aromatic rings. The first-order chi connectivity index (χ1) is 9.37. The van der Waals surface area contributed by atoms with Gasteiger partial charge in [-0.15, -0.1) is 0 Å². The molecule has 1 aromatic heterocycles. The molecule has 0 fully saturated rings. The van der Waals surface area contributed by atoms with E-state index in [0.29, 0.717) is 13.0 Å². The second-order valence-corrected chi connectivity index (χ2v) is 6.41. The molecule has 1 heterocycles. The first-order valence-corrected chi connectivity index (χ1v) is 7.67. The van der Waals surface area contributed by atoms with Gasteiger partial charge in [-0.1, -0.05) is 0 Å². The summed E-state index contributed by atoms with van der Waals surface area (Å²) in [4.78, 5) is 10.5. The quantitative estimate of drug-likeness (QED) is 0.601. The van der Waals surface area contributed by atoms with Crippen LogP contribution in [0.3, 0.4) is 0 Å². The summed E-state index contributed by atoms with van der Waals surface area (Å²) in [6.45, 7) is 1.29. The van der Waals surface area contributed by atoms with Crippen molar-refractivity contribution in [3.8, 4) is 0 Å². The molecule has 114 valence electrons. The average Bonchev–Trinajstić information content (AvgIpc) is 2.86. The third-order valence-corrected chi connectivity index (χ3v) is 4.58. The van der Waals surface area contributed by atoms with Crippen LogP contribution in [0.4, 0.5) is 0 Å². The van der Waals surface area contributed by atoms with E-state index in [9.17, 15) is 13.2 Å². The molecule has 9 heteroatoms. The number of carboxylic acids is 1. The molecule has 0 unspecified atom stereocenters. The molecule has 20 heavy (non-hydrogen) atoms. The standard InChI is InChI=1S/C11H20N4O4S/c1-12-5-3-6-14(2)20(18,19)10-8-13-15(9-10)7-4-11(16)17/h8-9,12H,3-7H2,1-2H3,(H,16,17). The molecule has 1 rings (SSSR count). The van der Waals surface area contributed by atoms with Gasteiger partial charge in [0.1, 0.15) is 4.90 Å². The van der Waals surface area contributed by atoms with Crippen LogP contribution >= 0.6 is 0 Å². The zero-order chi connectivity index (χ0) is 15.2. The van der Waals surface area contributed by atoms with Gasteiger partial charge in [-0.25, -0.2) is 12.7 Å². The van der Waals surface area contributed by atoms with Crippen molar-refractivity contribution < 1.29 is 18.3 Å². The lowest BCUT2D eigenvalue weighted by Crippen LogP contribution is -2.29. The third kappa shape index (κ3) is 4.58. The fourth-order valence-corrected chi connectivity index (χ4v) is 2.75. The number of hydrogen-bond acceptors (Lipinski definition) is 5. The number of sulfonamides is 1. The Labute approximate surface area is 118 Å². The maximum Gasteiger partial charge on any atom is 0.305 e.